The minimum atomic E-state index is 1.14. The summed E-state index contributed by atoms with van der Waals surface area (Å²) in [5.41, 5.74) is 5.93. The number of aryl methyl sites for hydroxylation is 2. The fourth-order valence-corrected chi connectivity index (χ4v) is 4.06. The third kappa shape index (κ3) is 3.63. The van der Waals surface area contributed by atoms with E-state index in [1.165, 1.54) is 74.5 Å². The smallest absolute Gasteiger partial charge is 0.0483 e. The van der Waals surface area contributed by atoms with Crippen molar-refractivity contribution in [3.63, 3.8) is 0 Å². The second-order valence-corrected chi connectivity index (χ2v) is 7.30. The Balaban J connectivity index is 1.63. The van der Waals surface area contributed by atoms with Crippen molar-refractivity contribution in [2.24, 2.45) is 7.05 Å². The summed E-state index contributed by atoms with van der Waals surface area (Å²) in [6.45, 7) is 8.14. The standard InChI is InChI=1S/C21H32N2/c1-4-5-6-7-8-9-13-23-14-12-21-19(16-23)18-15-17(2)10-11-20(18)22(21)3/h10-11,15H,4-9,12-14,16H2,1-3H3. The van der Waals surface area contributed by atoms with Gasteiger partial charge >= 0.3 is 0 Å². The Morgan fingerprint density at radius 1 is 1.04 bits per heavy atom. The molecule has 0 amide bonds. The summed E-state index contributed by atoms with van der Waals surface area (Å²) in [6, 6.07) is 6.91. The Morgan fingerprint density at radius 3 is 2.65 bits per heavy atom. The molecule has 3 rings (SSSR count). The van der Waals surface area contributed by atoms with Crippen molar-refractivity contribution >= 4 is 10.9 Å². The van der Waals surface area contributed by atoms with Crippen LogP contribution in [0.25, 0.3) is 10.9 Å². The molecule has 0 saturated carbocycles. The molecule has 1 aliphatic heterocycles. The van der Waals surface area contributed by atoms with E-state index in [9.17, 15) is 0 Å². The molecule has 0 spiro atoms. The van der Waals surface area contributed by atoms with Gasteiger partial charge in [0, 0.05) is 43.2 Å². The van der Waals surface area contributed by atoms with Crippen LogP contribution in [0.3, 0.4) is 0 Å². The highest BCUT2D eigenvalue weighted by Gasteiger charge is 2.22. The van der Waals surface area contributed by atoms with Crippen molar-refractivity contribution in [3.05, 3.63) is 35.0 Å². The molecular weight excluding hydrogens is 280 g/mol. The number of rotatable bonds is 7. The van der Waals surface area contributed by atoms with E-state index in [1.807, 2.05) is 0 Å². The molecule has 0 radical (unpaired) electrons. The van der Waals surface area contributed by atoms with Crippen LogP contribution in [0, 0.1) is 6.92 Å². The number of fused-ring (bicyclic) bond motifs is 3. The maximum atomic E-state index is 2.67. The summed E-state index contributed by atoms with van der Waals surface area (Å²) >= 11 is 0. The van der Waals surface area contributed by atoms with Gasteiger partial charge in [-0.05, 0) is 37.6 Å². The van der Waals surface area contributed by atoms with E-state index in [4.69, 9.17) is 0 Å². The molecule has 1 aromatic heterocycles. The lowest BCUT2D eigenvalue weighted by atomic mass is 10.0. The van der Waals surface area contributed by atoms with Crippen molar-refractivity contribution in [2.75, 3.05) is 13.1 Å². The van der Waals surface area contributed by atoms with Crippen LogP contribution in [0.5, 0.6) is 0 Å². The molecule has 2 heterocycles. The normalized spacial score (nSPS) is 15.3. The van der Waals surface area contributed by atoms with Gasteiger partial charge < -0.3 is 4.57 Å². The van der Waals surface area contributed by atoms with Crippen molar-refractivity contribution in [2.45, 2.75) is 65.3 Å². The van der Waals surface area contributed by atoms with Gasteiger partial charge in [0.15, 0.2) is 0 Å². The van der Waals surface area contributed by atoms with E-state index >= 15 is 0 Å². The first-order valence-corrected chi connectivity index (χ1v) is 9.50. The molecule has 0 unspecified atom stereocenters. The molecule has 0 N–H and O–H groups in total. The Morgan fingerprint density at radius 2 is 1.83 bits per heavy atom. The molecule has 1 aromatic carbocycles. The Kier molecular flexibility index (Phi) is 5.42. The van der Waals surface area contributed by atoms with Gasteiger partial charge in [0.1, 0.15) is 0 Å². The molecule has 0 bridgehead atoms. The third-order valence-corrected chi connectivity index (χ3v) is 5.47. The molecule has 126 valence electrons. The Hall–Kier alpha value is -1.28. The number of nitrogens with zero attached hydrogens (tertiary/aromatic N) is 2. The van der Waals surface area contributed by atoms with E-state index in [1.54, 1.807) is 11.3 Å². The van der Waals surface area contributed by atoms with Crippen LogP contribution >= 0.6 is 0 Å². The molecule has 1 aliphatic rings. The van der Waals surface area contributed by atoms with E-state index in [0.717, 1.165) is 6.54 Å². The highest BCUT2D eigenvalue weighted by Crippen LogP contribution is 2.30. The number of hydrogen-bond donors (Lipinski definition) is 0. The van der Waals surface area contributed by atoms with Crippen LogP contribution in [0.2, 0.25) is 0 Å². The van der Waals surface area contributed by atoms with E-state index in [-0.39, 0.29) is 0 Å². The second kappa shape index (κ2) is 7.53. The van der Waals surface area contributed by atoms with Crippen molar-refractivity contribution in [1.82, 2.24) is 9.47 Å². The fraction of sp³-hybridized carbons (Fsp3) is 0.619. The lowest BCUT2D eigenvalue weighted by molar-refractivity contribution is 0.246. The van der Waals surface area contributed by atoms with Gasteiger partial charge in [0.2, 0.25) is 0 Å². The van der Waals surface area contributed by atoms with Crippen molar-refractivity contribution in [3.8, 4) is 0 Å². The molecule has 0 fully saturated rings. The van der Waals surface area contributed by atoms with Crippen LogP contribution in [-0.2, 0) is 20.0 Å². The maximum absolute atomic E-state index is 2.67. The zero-order chi connectivity index (χ0) is 16.2. The van der Waals surface area contributed by atoms with Gasteiger partial charge in [-0.25, -0.2) is 0 Å². The van der Waals surface area contributed by atoms with Crippen LogP contribution < -0.4 is 0 Å². The van der Waals surface area contributed by atoms with E-state index < -0.39 is 0 Å². The molecule has 0 atom stereocenters. The predicted octanol–water partition coefficient (Wildman–Crippen LogP) is 5.21. The summed E-state index contributed by atoms with van der Waals surface area (Å²) in [5.74, 6) is 0. The van der Waals surface area contributed by atoms with Gasteiger partial charge in [-0.3, -0.25) is 4.90 Å². The summed E-state index contributed by atoms with van der Waals surface area (Å²) < 4.78 is 2.42. The van der Waals surface area contributed by atoms with Gasteiger partial charge in [-0.2, -0.15) is 0 Å². The second-order valence-electron chi connectivity index (χ2n) is 7.30. The summed E-state index contributed by atoms with van der Waals surface area (Å²) in [4.78, 5) is 2.67. The SMILES string of the molecule is CCCCCCCCN1CCc2c(c3cc(C)ccc3n2C)C1. The largest absolute Gasteiger partial charge is 0.347 e. The summed E-state index contributed by atoms with van der Waals surface area (Å²) in [5, 5.41) is 1.48. The van der Waals surface area contributed by atoms with Crippen LogP contribution in [0.1, 0.15) is 62.3 Å². The summed E-state index contributed by atoms with van der Waals surface area (Å²) in [7, 11) is 2.24. The topological polar surface area (TPSA) is 8.17 Å². The monoisotopic (exact) mass is 312 g/mol. The van der Waals surface area contributed by atoms with Crippen LogP contribution in [0.15, 0.2) is 18.2 Å². The highest BCUT2D eigenvalue weighted by atomic mass is 15.1. The number of unbranched alkanes of at least 4 members (excludes halogenated alkanes) is 5. The van der Waals surface area contributed by atoms with Crippen molar-refractivity contribution in [1.29, 1.82) is 0 Å². The average Bonchev–Trinajstić information content (AvgIpc) is 2.83. The quantitative estimate of drug-likeness (QED) is 0.637. The number of hydrogen-bond acceptors (Lipinski definition) is 1. The van der Waals surface area contributed by atoms with Crippen molar-refractivity contribution < 1.29 is 0 Å². The lowest BCUT2D eigenvalue weighted by Crippen LogP contribution is -2.31. The van der Waals surface area contributed by atoms with E-state index in [2.05, 4.69) is 48.6 Å². The minimum Gasteiger partial charge on any atom is -0.347 e. The Bertz CT molecular complexity index is 653. The van der Waals surface area contributed by atoms with Gasteiger partial charge in [-0.15, -0.1) is 0 Å². The number of aromatic nitrogens is 1. The summed E-state index contributed by atoms with van der Waals surface area (Å²) in [6.07, 6.45) is 9.55. The first-order valence-electron chi connectivity index (χ1n) is 9.50. The zero-order valence-corrected chi connectivity index (χ0v) is 15.2. The van der Waals surface area contributed by atoms with Gasteiger partial charge in [0.05, 0.1) is 0 Å². The molecule has 0 aliphatic carbocycles. The van der Waals surface area contributed by atoms with Crippen LogP contribution in [-0.4, -0.2) is 22.6 Å². The highest BCUT2D eigenvalue weighted by molar-refractivity contribution is 5.86. The first-order chi connectivity index (χ1) is 11.2. The average molecular weight is 313 g/mol. The molecule has 0 saturated heterocycles. The molecule has 2 nitrogen and oxygen atoms in total. The lowest BCUT2D eigenvalue weighted by Gasteiger charge is -2.27. The number of benzene rings is 1. The Labute approximate surface area is 141 Å². The molecule has 2 heteroatoms. The zero-order valence-electron chi connectivity index (χ0n) is 15.2. The van der Waals surface area contributed by atoms with Gasteiger partial charge in [-0.1, -0.05) is 50.7 Å². The molecular formula is C21H32N2. The predicted molar refractivity (Wildman–Crippen MR) is 100 cm³/mol. The third-order valence-electron chi connectivity index (χ3n) is 5.47. The van der Waals surface area contributed by atoms with Gasteiger partial charge in [0.25, 0.3) is 0 Å². The molecule has 23 heavy (non-hydrogen) atoms. The minimum absolute atomic E-state index is 1.14. The fourth-order valence-electron chi connectivity index (χ4n) is 4.06. The van der Waals surface area contributed by atoms with E-state index in [0.29, 0.717) is 0 Å². The van der Waals surface area contributed by atoms with Crippen LogP contribution in [0.4, 0.5) is 0 Å². The molecule has 2 aromatic rings. The maximum Gasteiger partial charge on any atom is 0.0483 e. The first kappa shape index (κ1) is 16.6.